The molecule has 11 heteroatoms. The van der Waals surface area contributed by atoms with Gasteiger partial charge in [0, 0.05) is 30.8 Å². The minimum Gasteiger partial charge on any atom is -0.380 e. The molecule has 0 saturated carbocycles. The van der Waals surface area contributed by atoms with Gasteiger partial charge in [0.2, 0.25) is 0 Å². The lowest BCUT2D eigenvalue weighted by molar-refractivity contribution is -0.272. The first-order valence-electron chi connectivity index (χ1n) is 11.4. The monoisotopic (exact) mass is 507 g/mol. The summed E-state index contributed by atoms with van der Waals surface area (Å²) in [7, 11) is 0. The zero-order valence-corrected chi connectivity index (χ0v) is 20.1. The zero-order chi connectivity index (χ0) is 25.1. The van der Waals surface area contributed by atoms with Crippen LogP contribution in [0.5, 0.6) is 0 Å². The second kappa shape index (κ2) is 8.46. The molecule has 0 radical (unpaired) electrons. The van der Waals surface area contributed by atoms with Gasteiger partial charge in [-0.1, -0.05) is 29.8 Å². The van der Waals surface area contributed by atoms with Crippen LogP contribution in [0.15, 0.2) is 24.3 Å². The smallest absolute Gasteiger partial charge is 0.380 e. The van der Waals surface area contributed by atoms with Crippen LogP contribution in [0.1, 0.15) is 51.4 Å². The number of carbonyl (C=O) groups excluding carboxylic acids is 1. The van der Waals surface area contributed by atoms with Gasteiger partial charge in [-0.05, 0) is 38.3 Å². The Labute approximate surface area is 205 Å². The van der Waals surface area contributed by atoms with Crippen molar-refractivity contribution >= 4 is 23.2 Å². The molecule has 1 fully saturated rings. The molecule has 4 heterocycles. The number of fused-ring (bicyclic) bond motifs is 3. The predicted octanol–water partition coefficient (Wildman–Crippen LogP) is 4.04. The van der Waals surface area contributed by atoms with Crippen LogP contribution < -0.4 is 0 Å². The molecule has 2 aliphatic heterocycles. The average molecular weight is 508 g/mol. The standard InChI is InChI=1S/C24H25ClF3N5O2/c1-14-20(25)15(2)33-21(29-14)18-12-32(13-19(18)30-33)22(34)17-6-4-3-5-16(17)11-31-9-7-23(35,8-10-31)24(26,27)28/h3-6,35H,7-13H2,1-2H3. The molecule has 2 aromatic heterocycles. The number of piperidine rings is 1. The Morgan fingerprint density at radius 2 is 1.86 bits per heavy atom. The van der Waals surface area contributed by atoms with Crippen LogP contribution in [0.3, 0.4) is 0 Å². The number of aliphatic hydroxyl groups is 1. The molecule has 7 nitrogen and oxygen atoms in total. The van der Waals surface area contributed by atoms with E-state index >= 15 is 0 Å². The minimum atomic E-state index is -4.64. The van der Waals surface area contributed by atoms with Crippen molar-refractivity contribution in [1.82, 2.24) is 24.4 Å². The predicted molar refractivity (Wildman–Crippen MR) is 123 cm³/mol. The van der Waals surface area contributed by atoms with Crippen molar-refractivity contribution in [1.29, 1.82) is 0 Å². The molecule has 1 N–H and O–H groups in total. The van der Waals surface area contributed by atoms with Gasteiger partial charge in [0.1, 0.15) is 0 Å². The fraction of sp³-hybridized carbons (Fsp3) is 0.458. The molecular formula is C24H25ClF3N5O2. The number of nitrogens with zero attached hydrogens (tertiary/aromatic N) is 5. The summed E-state index contributed by atoms with van der Waals surface area (Å²) in [5.74, 6) is -0.164. The van der Waals surface area contributed by atoms with Gasteiger partial charge in [-0.25, -0.2) is 9.50 Å². The lowest BCUT2D eigenvalue weighted by Crippen LogP contribution is -2.53. The Balaban J connectivity index is 1.33. The molecule has 0 atom stereocenters. The maximum absolute atomic E-state index is 13.5. The van der Waals surface area contributed by atoms with Gasteiger partial charge in [-0.2, -0.15) is 18.3 Å². The van der Waals surface area contributed by atoms with Crippen molar-refractivity contribution in [3.8, 4) is 0 Å². The number of hydrogen-bond donors (Lipinski definition) is 1. The molecule has 0 aliphatic carbocycles. The first-order chi connectivity index (χ1) is 16.5. The van der Waals surface area contributed by atoms with Crippen LogP contribution in [0.2, 0.25) is 5.02 Å². The minimum absolute atomic E-state index is 0.0952. The number of aromatic nitrogens is 3. The highest BCUT2D eigenvalue weighted by atomic mass is 35.5. The highest BCUT2D eigenvalue weighted by Crippen LogP contribution is 2.38. The quantitative estimate of drug-likeness (QED) is 0.579. The molecule has 5 rings (SSSR count). The Morgan fingerprint density at radius 1 is 1.17 bits per heavy atom. The second-order valence-corrected chi connectivity index (χ2v) is 9.76. The lowest BCUT2D eigenvalue weighted by Gasteiger charge is -2.39. The SMILES string of the molecule is Cc1nc2c3c(nn2c(C)c1Cl)CN(C(=O)c1ccccc1CN1CCC(O)(C(F)(F)F)CC1)C3. The van der Waals surface area contributed by atoms with E-state index in [4.69, 9.17) is 11.6 Å². The number of alkyl halides is 3. The van der Waals surface area contributed by atoms with Gasteiger partial charge >= 0.3 is 6.18 Å². The number of carbonyl (C=O) groups is 1. The Kier molecular flexibility index (Phi) is 5.81. The topological polar surface area (TPSA) is 74.0 Å². The van der Waals surface area contributed by atoms with E-state index in [2.05, 4.69) is 10.1 Å². The lowest BCUT2D eigenvalue weighted by atomic mass is 9.90. The van der Waals surface area contributed by atoms with Crippen molar-refractivity contribution in [2.75, 3.05) is 13.1 Å². The van der Waals surface area contributed by atoms with Gasteiger partial charge in [-0.3, -0.25) is 9.69 Å². The van der Waals surface area contributed by atoms with E-state index in [1.165, 1.54) is 0 Å². The van der Waals surface area contributed by atoms with Crippen LogP contribution in [0, 0.1) is 13.8 Å². The van der Waals surface area contributed by atoms with E-state index in [9.17, 15) is 23.1 Å². The molecule has 1 saturated heterocycles. The van der Waals surface area contributed by atoms with E-state index in [0.29, 0.717) is 41.6 Å². The van der Waals surface area contributed by atoms with E-state index in [0.717, 1.165) is 22.5 Å². The first kappa shape index (κ1) is 24.0. The molecule has 2 aliphatic rings. The Morgan fingerprint density at radius 3 is 2.54 bits per heavy atom. The summed E-state index contributed by atoms with van der Waals surface area (Å²) in [5, 5.41) is 15.1. The van der Waals surface area contributed by atoms with Gasteiger partial charge in [0.05, 0.1) is 35.2 Å². The largest absolute Gasteiger partial charge is 0.417 e. The highest BCUT2D eigenvalue weighted by Gasteiger charge is 2.54. The summed E-state index contributed by atoms with van der Waals surface area (Å²) in [5.41, 5.74) is 2.46. The van der Waals surface area contributed by atoms with Crippen molar-refractivity contribution in [3.05, 3.63) is 63.1 Å². The third kappa shape index (κ3) is 4.07. The zero-order valence-electron chi connectivity index (χ0n) is 19.4. The molecule has 0 unspecified atom stereocenters. The molecule has 35 heavy (non-hydrogen) atoms. The number of amides is 1. The molecule has 3 aromatic rings. The van der Waals surface area contributed by atoms with Crippen LogP contribution in [-0.2, 0) is 19.6 Å². The molecule has 0 spiro atoms. The van der Waals surface area contributed by atoms with Crippen molar-refractivity contribution in [3.63, 3.8) is 0 Å². The van der Waals surface area contributed by atoms with Crippen LogP contribution in [0.25, 0.3) is 5.65 Å². The molecule has 0 bridgehead atoms. The highest BCUT2D eigenvalue weighted by molar-refractivity contribution is 6.31. The van der Waals surface area contributed by atoms with Gasteiger partial charge in [0.25, 0.3) is 5.91 Å². The molecular weight excluding hydrogens is 483 g/mol. The summed E-state index contributed by atoms with van der Waals surface area (Å²) in [6, 6.07) is 7.15. The molecule has 186 valence electrons. The number of hydrogen-bond acceptors (Lipinski definition) is 5. The average Bonchev–Trinajstić information content (AvgIpc) is 3.37. The van der Waals surface area contributed by atoms with Gasteiger partial charge in [-0.15, -0.1) is 0 Å². The summed E-state index contributed by atoms with van der Waals surface area (Å²) in [4.78, 5) is 21.6. The summed E-state index contributed by atoms with van der Waals surface area (Å²) in [6.07, 6.45) is -5.41. The van der Waals surface area contributed by atoms with Crippen LogP contribution in [-0.4, -0.2) is 60.3 Å². The fourth-order valence-corrected chi connectivity index (χ4v) is 5.02. The third-order valence-corrected chi connectivity index (χ3v) is 7.64. The van der Waals surface area contributed by atoms with Crippen molar-refractivity contribution < 1.29 is 23.1 Å². The summed E-state index contributed by atoms with van der Waals surface area (Å²) < 4.78 is 41.1. The number of likely N-dealkylation sites (tertiary alicyclic amines) is 1. The number of halogens is 4. The Hall–Kier alpha value is -2.69. The maximum atomic E-state index is 13.5. The molecule has 1 aromatic carbocycles. The van der Waals surface area contributed by atoms with E-state index in [1.807, 2.05) is 30.9 Å². The van der Waals surface area contributed by atoms with E-state index in [-0.39, 0.29) is 31.8 Å². The first-order valence-corrected chi connectivity index (χ1v) is 11.8. The number of benzene rings is 1. The fourth-order valence-electron chi connectivity index (χ4n) is 4.90. The maximum Gasteiger partial charge on any atom is 0.417 e. The number of aryl methyl sites for hydroxylation is 2. The normalized spacial score (nSPS) is 18.3. The second-order valence-electron chi connectivity index (χ2n) is 9.38. The Bertz CT molecular complexity index is 1310. The van der Waals surface area contributed by atoms with Gasteiger partial charge in [0.15, 0.2) is 11.2 Å². The van der Waals surface area contributed by atoms with Crippen LogP contribution in [0.4, 0.5) is 13.2 Å². The van der Waals surface area contributed by atoms with Crippen molar-refractivity contribution in [2.45, 2.75) is 58.1 Å². The van der Waals surface area contributed by atoms with E-state index < -0.39 is 11.8 Å². The van der Waals surface area contributed by atoms with E-state index in [1.54, 1.807) is 21.5 Å². The van der Waals surface area contributed by atoms with Crippen molar-refractivity contribution in [2.24, 2.45) is 0 Å². The van der Waals surface area contributed by atoms with Crippen LogP contribution >= 0.6 is 11.6 Å². The third-order valence-electron chi connectivity index (χ3n) is 7.10. The number of rotatable bonds is 3. The van der Waals surface area contributed by atoms with Gasteiger partial charge < -0.3 is 10.0 Å². The molecule has 1 amide bonds. The summed E-state index contributed by atoms with van der Waals surface area (Å²) >= 11 is 6.31. The summed E-state index contributed by atoms with van der Waals surface area (Å²) in [6.45, 7) is 4.93.